The molecule has 0 saturated heterocycles. The van der Waals surface area contributed by atoms with Crippen LogP contribution in [0.3, 0.4) is 0 Å². The molecule has 0 rings (SSSR count). The lowest BCUT2D eigenvalue weighted by Crippen LogP contribution is -2.12. The summed E-state index contributed by atoms with van der Waals surface area (Å²) in [5, 5.41) is 0. The van der Waals surface area contributed by atoms with Crippen molar-refractivity contribution in [3.05, 3.63) is 0 Å². The molecule has 0 bridgehead atoms. The molecule has 0 aromatic carbocycles. The molecule has 0 heterocycles. The van der Waals surface area contributed by atoms with Crippen LogP contribution in [-0.4, -0.2) is 52.9 Å². The molecule has 0 aromatic heterocycles. The van der Waals surface area contributed by atoms with Gasteiger partial charge in [-0.25, -0.2) is 0 Å². The standard InChI is InChI=1S/C14H30O4/c1-4-15-8-9-17-12-13-18-11-10-16-7-5-6-14(2)3/h14H,4-13H2,1-3H3. The van der Waals surface area contributed by atoms with Gasteiger partial charge in [0.25, 0.3) is 0 Å². The lowest BCUT2D eigenvalue weighted by molar-refractivity contribution is -0.000991. The Morgan fingerprint density at radius 3 is 1.56 bits per heavy atom. The van der Waals surface area contributed by atoms with E-state index in [1.54, 1.807) is 0 Å². The molecule has 0 spiro atoms. The summed E-state index contributed by atoms with van der Waals surface area (Å²) < 4.78 is 21.3. The van der Waals surface area contributed by atoms with E-state index in [9.17, 15) is 0 Å². The fourth-order valence-electron chi connectivity index (χ4n) is 1.40. The Labute approximate surface area is 112 Å². The molecule has 110 valence electrons. The van der Waals surface area contributed by atoms with Crippen LogP contribution in [0.2, 0.25) is 0 Å². The lowest BCUT2D eigenvalue weighted by Gasteiger charge is -2.07. The van der Waals surface area contributed by atoms with Crippen molar-refractivity contribution in [2.75, 3.05) is 52.9 Å². The fraction of sp³-hybridized carbons (Fsp3) is 1.00. The minimum Gasteiger partial charge on any atom is -0.379 e. The third kappa shape index (κ3) is 15.8. The van der Waals surface area contributed by atoms with Crippen LogP contribution in [-0.2, 0) is 18.9 Å². The molecule has 0 aliphatic heterocycles. The fourth-order valence-corrected chi connectivity index (χ4v) is 1.40. The van der Waals surface area contributed by atoms with Crippen LogP contribution in [0.1, 0.15) is 33.6 Å². The Morgan fingerprint density at radius 1 is 0.667 bits per heavy atom. The third-order valence-corrected chi connectivity index (χ3v) is 2.39. The van der Waals surface area contributed by atoms with Gasteiger partial charge in [0, 0.05) is 13.2 Å². The van der Waals surface area contributed by atoms with Gasteiger partial charge in [-0.15, -0.1) is 0 Å². The van der Waals surface area contributed by atoms with Gasteiger partial charge in [-0.2, -0.15) is 0 Å². The maximum absolute atomic E-state index is 5.46. The monoisotopic (exact) mass is 262 g/mol. The molecule has 4 nitrogen and oxygen atoms in total. The second-order valence-corrected chi connectivity index (χ2v) is 4.57. The Balaban J connectivity index is 2.90. The van der Waals surface area contributed by atoms with Crippen LogP contribution in [0.25, 0.3) is 0 Å². The molecule has 18 heavy (non-hydrogen) atoms. The number of ether oxygens (including phenoxy) is 4. The lowest BCUT2D eigenvalue weighted by atomic mass is 10.1. The molecule has 0 radical (unpaired) electrons. The van der Waals surface area contributed by atoms with Crippen molar-refractivity contribution in [3.8, 4) is 0 Å². The van der Waals surface area contributed by atoms with Gasteiger partial charge >= 0.3 is 0 Å². The smallest absolute Gasteiger partial charge is 0.0701 e. The van der Waals surface area contributed by atoms with Crippen molar-refractivity contribution in [1.29, 1.82) is 0 Å². The number of hydrogen-bond acceptors (Lipinski definition) is 4. The van der Waals surface area contributed by atoms with E-state index in [1.165, 1.54) is 6.42 Å². The second kappa shape index (κ2) is 14.9. The summed E-state index contributed by atoms with van der Waals surface area (Å²) in [7, 11) is 0. The predicted octanol–water partition coefficient (Wildman–Crippen LogP) is 2.51. The van der Waals surface area contributed by atoms with Gasteiger partial charge in [-0.3, -0.25) is 0 Å². The van der Waals surface area contributed by atoms with Gasteiger partial charge in [0.15, 0.2) is 0 Å². The maximum atomic E-state index is 5.46. The molecule has 0 amide bonds. The minimum absolute atomic E-state index is 0.625. The second-order valence-electron chi connectivity index (χ2n) is 4.57. The van der Waals surface area contributed by atoms with E-state index < -0.39 is 0 Å². The topological polar surface area (TPSA) is 36.9 Å². The van der Waals surface area contributed by atoms with Gasteiger partial charge in [-0.1, -0.05) is 13.8 Å². The van der Waals surface area contributed by atoms with Crippen molar-refractivity contribution in [2.24, 2.45) is 5.92 Å². The Bertz CT molecular complexity index is 151. The average Bonchev–Trinajstić information content (AvgIpc) is 2.34. The Kier molecular flexibility index (Phi) is 14.8. The molecule has 4 heteroatoms. The van der Waals surface area contributed by atoms with E-state index in [0.717, 1.165) is 25.6 Å². The van der Waals surface area contributed by atoms with E-state index in [4.69, 9.17) is 18.9 Å². The van der Waals surface area contributed by atoms with Crippen molar-refractivity contribution in [3.63, 3.8) is 0 Å². The van der Waals surface area contributed by atoms with Crippen LogP contribution in [0.5, 0.6) is 0 Å². The molecule has 0 unspecified atom stereocenters. The zero-order valence-electron chi connectivity index (χ0n) is 12.3. The highest BCUT2D eigenvalue weighted by Crippen LogP contribution is 2.02. The summed E-state index contributed by atoms with van der Waals surface area (Å²) in [6, 6.07) is 0. The highest BCUT2D eigenvalue weighted by Gasteiger charge is 1.94. The van der Waals surface area contributed by atoms with Gasteiger partial charge in [0.2, 0.25) is 0 Å². The summed E-state index contributed by atoms with van der Waals surface area (Å²) in [6.45, 7) is 11.9. The van der Waals surface area contributed by atoms with E-state index in [-0.39, 0.29) is 0 Å². The molecule has 0 fully saturated rings. The van der Waals surface area contributed by atoms with E-state index in [1.807, 2.05) is 6.92 Å². The zero-order chi connectivity index (χ0) is 13.5. The highest BCUT2D eigenvalue weighted by atomic mass is 16.6. The van der Waals surface area contributed by atoms with Gasteiger partial charge in [0.1, 0.15) is 0 Å². The summed E-state index contributed by atoms with van der Waals surface area (Å²) in [6.07, 6.45) is 2.37. The van der Waals surface area contributed by atoms with E-state index in [2.05, 4.69) is 13.8 Å². The van der Waals surface area contributed by atoms with Crippen LogP contribution in [0.4, 0.5) is 0 Å². The van der Waals surface area contributed by atoms with Gasteiger partial charge in [0.05, 0.1) is 39.6 Å². The normalized spacial score (nSPS) is 11.3. The molecule has 0 saturated carbocycles. The SMILES string of the molecule is CCOCCOCCOCCOCCCC(C)C. The highest BCUT2D eigenvalue weighted by molar-refractivity contribution is 4.44. The maximum Gasteiger partial charge on any atom is 0.0701 e. The molecule has 0 aliphatic rings. The molecule has 0 aromatic rings. The van der Waals surface area contributed by atoms with Crippen LogP contribution < -0.4 is 0 Å². The molecule has 0 N–H and O–H groups in total. The van der Waals surface area contributed by atoms with Crippen LogP contribution >= 0.6 is 0 Å². The first-order valence-electron chi connectivity index (χ1n) is 7.08. The summed E-state index contributed by atoms with van der Waals surface area (Å²) in [5.41, 5.74) is 0. The van der Waals surface area contributed by atoms with Crippen molar-refractivity contribution < 1.29 is 18.9 Å². The van der Waals surface area contributed by atoms with E-state index >= 15 is 0 Å². The Hall–Kier alpha value is -0.160. The first-order valence-corrected chi connectivity index (χ1v) is 7.08. The van der Waals surface area contributed by atoms with Crippen LogP contribution in [0, 0.1) is 5.92 Å². The number of hydrogen-bond donors (Lipinski definition) is 0. The van der Waals surface area contributed by atoms with Crippen LogP contribution in [0.15, 0.2) is 0 Å². The summed E-state index contributed by atoms with van der Waals surface area (Å²) >= 11 is 0. The molecule has 0 aliphatic carbocycles. The number of rotatable bonds is 14. The molecular formula is C14H30O4. The van der Waals surface area contributed by atoms with Crippen molar-refractivity contribution in [2.45, 2.75) is 33.6 Å². The minimum atomic E-state index is 0.625. The van der Waals surface area contributed by atoms with Crippen molar-refractivity contribution >= 4 is 0 Å². The summed E-state index contributed by atoms with van der Waals surface area (Å²) in [5.74, 6) is 0.763. The van der Waals surface area contributed by atoms with Crippen molar-refractivity contribution in [1.82, 2.24) is 0 Å². The predicted molar refractivity (Wildman–Crippen MR) is 73.0 cm³/mol. The third-order valence-electron chi connectivity index (χ3n) is 2.39. The molecule has 0 atom stereocenters. The first kappa shape index (κ1) is 17.8. The first-order chi connectivity index (χ1) is 8.77. The van der Waals surface area contributed by atoms with E-state index in [0.29, 0.717) is 39.6 Å². The quantitative estimate of drug-likeness (QED) is 0.451. The zero-order valence-corrected chi connectivity index (χ0v) is 12.3. The molecular weight excluding hydrogens is 232 g/mol. The Morgan fingerprint density at radius 2 is 1.11 bits per heavy atom. The van der Waals surface area contributed by atoms with Gasteiger partial charge < -0.3 is 18.9 Å². The summed E-state index contributed by atoms with van der Waals surface area (Å²) in [4.78, 5) is 0. The van der Waals surface area contributed by atoms with Gasteiger partial charge in [-0.05, 0) is 25.7 Å². The largest absolute Gasteiger partial charge is 0.379 e. The average molecular weight is 262 g/mol.